The highest BCUT2D eigenvalue weighted by atomic mass is 19.1. The van der Waals surface area contributed by atoms with Gasteiger partial charge in [-0.3, -0.25) is 24.1 Å². The van der Waals surface area contributed by atoms with Crippen LogP contribution in [0.15, 0.2) is 30.5 Å². The zero-order chi connectivity index (χ0) is 30.9. The van der Waals surface area contributed by atoms with E-state index < -0.39 is 29.7 Å². The second kappa shape index (κ2) is 15.1. The van der Waals surface area contributed by atoms with Crippen LogP contribution in [0.2, 0.25) is 0 Å². The van der Waals surface area contributed by atoms with Crippen molar-refractivity contribution in [1.82, 2.24) is 20.0 Å². The highest BCUT2D eigenvalue weighted by molar-refractivity contribution is 6.00. The minimum Gasteiger partial charge on any atom is -0.378 e. The van der Waals surface area contributed by atoms with Crippen molar-refractivity contribution in [3.63, 3.8) is 0 Å². The number of ether oxygens (including phenoxy) is 1. The largest absolute Gasteiger partial charge is 0.378 e. The number of anilines is 2. The fraction of sp³-hybridized carbons (Fsp3) is 0.581. The lowest BCUT2D eigenvalue weighted by Crippen LogP contribution is -2.53. The van der Waals surface area contributed by atoms with E-state index in [0.717, 1.165) is 32.1 Å². The van der Waals surface area contributed by atoms with Crippen molar-refractivity contribution in [1.29, 1.82) is 0 Å². The van der Waals surface area contributed by atoms with Gasteiger partial charge < -0.3 is 20.3 Å². The maximum atomic E-state index is 15.6. The van der Waals surface area contributed by atoms with Gasteiger partial charge in [-0.2, -0.15) is 5.10 Å². The highest BCUT2D eigenvalue weighted by Crippen LogP contribution is 2.32. The van der Waals surface area contributed by atoms with Crippen molar-refractivity contribution in [2.75, 3.05) is 36.5 Å². The van der Waals surface area contributed by atoms with Gasteiger partial charge in [-0.1, -0.05) is 39.2 Å². The van der Waals surface area contributed by atoms with Crippen LogP contribution in [0.4, 0.5) is 15.9 Å². The predicted molar refractivity (Wildman–Crippen MR) is 160 cm³/mol. The van der Waals surface area contributed by atoms with Crippen LogP contribution in [-0.2, 0) is 30.5 Å². The van der Waals surface area contributed by atoms with Crippen molar-refractivity contribution in [2.45, 2.75) is 83.8 Å². The Morgan fingerprint density at radius 3 is 2.49 bits per heavy atom. The molecule has 2 N–H and O–H groups in total. The Kier molecular flexibility index (Phi) is 11.3. The topological polar surface area (TPSA) is 126 Å². The van der Waals surface area contributed by atoms with Crippen LogP contribution < -0.4 is 15.5 Å². The summed E-state index contributed by atoms with van der Waals surface area (Å²) in [6, 6.07) is 4.39. The summed E-state index contributed by atoms with van der Waals surface area (Å²) >= 11 is 0. The van der Waals surface area contributed by atoms with Crippen LogP contribution >= 0.6 is 0 Å². The number of nitrogens with zero attached hydrogens (tertiary/aromatic N) is 4. The van der Waals surface area contributed by atoms with E-state index in [1.54, 1.807) is 41.8 Å². The van der Waals surface area contributed by atoms with E-state index in [-0.39, 0.29) is 29.8 Å². The third kappa shape index (κ3) is 7.59. The summed E-state index contributed by atoms with van der Waals surface area (Å²) in [6.45, 7) is 7.57. The van der Waals surface area contributed by atoms with Crippen LogP contribution in [-0.4, -0.2) is 77.2 Å². The van der Waals surface area contributed by atoms with Gasteiger partial charge in [0, 0.05) is 38.0 Å². The van der Waals surface area contributed by atoms with E-state index in [4.69, 9.17) is 4.74 Å². The lowest BCUT2D eigenvalue weighted by Gasteiger charge is -2.35. The Balaban J connectivity index is 1.57. The fourth-order valence-corrected chi connectivity index (χ4v) is 6.04. The van der Waals surface area contributed by atoms with Crippen molar-refractivity contribution >= 4 is 35.6 Å². The zero-order valence-corrected chi connectivity index (χ0v) is 25.3. The number of aryl methyl sites for hydroxylation is 1. The second-order valence-electron chi connectivity index (χ2n) is 11.2. The number of hydrogen-bond acceptors (Lipinski definition) is 6. The first-order valence-corrected chi connectivity index (χ1v) is 15.3. The van der Waals surface area contributed by atoms with Crippen molar-refractivity contribution in [3.8, 4) is 0 Å². The van der Waals surface area contributed by atoms with Crippen LogP contribution in [0.3, 0.4) is 0 Å². The van der Waals surface area contributed by atoms with Crippen molar-refractivity contribution < 1.29 is 28.3 Å². The average Bonchev–Trinajstić information content (AvgIpc) is 3.52. The molecule has 0 bridgehead atoms. The Bertz CT molecular complexity index is 1270. The third-order valence-corrected chi connectivity index (χ3v) is 8.54. The Hall–Kier alpha value is -3.80. The number of amides is 4. The number of carbonyl (C=O) groups excluding carboxylic acids is 4. The second-order valence-corrected chi connectivity index (χ2v) is 11.2. The van der Waals surface area contributed by atoms with Gasteiger partial charge in [-0.15, -0.1) is 0 Å². The molecule has 43 heavy (non-hydrogen) atoms. The number of rotatable bonds is 12. The molecule has 2 aliphatic rings. The van der Waals surface area contributed by atoms with E-state index in [2.05, 4.69) is 15.7 Å². The molecule has 1 aliphatic heterocycles. The number of carbonyl (C=O) groups is 4. The molecule has 0 unspecified atom stereocenters. The standard InChI is InChI=1S/C31H43FN6O5/c1-4-26(40)35-28(31(42)36-15-17-43-18-16-36)21(3)23-11-12-25(24(32)19-23)34-30(41)29(22-9-7-6-8-10-22)37(20-39)27-13-14-33-38(27)5-2/h11-14,19-22,28-29H,4-10,15-18H2,1-3H3,(H,34,41)(H,35,40)/t21-,28+,29-/m0/s1. The summed E-state index contributed by atoms with van der Waals surface area (Å²) in [5, 5.41) is 9.80. The maximum Gasteiger partial charge on any atom is 0.247 e. The van der Waals surface area contributed by atoms with Crippen LogP contribution in [0.25, 0.3) is 0 Å². The average molecular weight is 599 g/mol. The summed E-state index contributed by atoms with van der Waals surface area (Å²) in [7, 11) is 0. The summed E-state index contributed by atoms with van der Waals surface area (Å²) < 4.78 is 22.6. The van der Waals surface area contributed by atoms with Crippen molar-refractivity contribution in [2.24, 2.45) is 5.92 Å². The van der Waals surface area contributed by atoms with Gasteiger partial charge in [0.05, 0.1) is 25.1 Å². The minimum absolute atomic E-state index is 0.0229. The van der Waals surface area contributed by atoms with Gasteiger partial charge in [-0.25, -0.2) is 9.07 Å². The quantitative estimate of drug-likeness (QED) is 0.361. The Morgan fingerprint density at radius 1 is 1.14 bits per heavy atom. The van der Waals surface area contributed by atoms with Crippen molar-refractivity contribution in [3.05, 3.63) is 41.8 Å². The summed E-state index contributed by atoms with van der Waals surface area (Å²) in [5.41, 5.74) is 0.481. The van der Waals surface area contributed by atoms with Gasteiger partial charge in [0.2, 0.25) is 24.1 Å². The van der Waals surface area contributed by atoms with Crippen LogP contribution in [0.1, 0.15) is 70.8 Å². The number of hydrogen-bond donors (Lipinski definition) is 2. The molecule has 4 rings (SSSR count). The SMILES string of the molecule is CCC(=O)N[C@@H](C(=O)N1CCOCC1)[C@@H](C)c1ccc(NC(=O)[C@H](C2CCCCC2)N(C=O)c2ccnn2CC)c(F)c1. The molecular formula is C31H43FN6O5. The summed E-state index contributed by atoms with van der Waals surface area (Å²) in [6.07, 6.45) is 6.98. The fourth-order valence-electron chi connectivity index (χ4n) is 6.04. The monoisotopic (exact) mass is 598 g/mol. The minimum atomic E-state index is -0.884. The first-order valence-electron chi connectivity index (χ1n) is 15.3. The van der Waals surface area contributed by atoms with E-state index in [0.29, 0.717) is 50.6 Å². The van der Waals surface area contributed by atoms with Gasteiger partial charge in [0.15, 0.2) is 0 Å². The zero-order valence-electron chi connectivity index (χ0n) is 25.3. The molecule has 2 aromatic rings. The molecule has 11 nitrogen and oxygen atoms in total. The molecule has 1 aliphatic carbocycles. The first-order chi connectivity index (χ1) is 20.8. The molecule has 1 aromatic carbocycles. The van der Waals surface area contributed by atoms with E-state index in [1.165, 1.54) is 17.0 Å². The lowest BCUT2D eigenvalue weighted by atomic mass is 9.82. The summed E-state index contributed by atoms with van der Waals surface area (Å²) in [4.78, 5) is 55.0. The smallest absolute Gasteiger partial charge is 0.247 e. The number of benzene rings is 1. The molecular weight excluding hydrogens is 555 g/mol. The molecule has 1 saturated heterocycles. The van der Waals surface area contributed by atoms with Gasteiger partial charge in [-0.05, 0) is 43.4 Å². The molecule has 0 radical (unpaired) electrons. The molecule has 2 fully saturated rings. The molecule has 1 aromatic heterocycles. The van der Waals surface area contributed by atoms with Crippen LogP contribution in [0.5, 0.6) is 0 Å². The number of aromatic nitrogens is 2. The number of morpholine rings is 1. The van der Waals surface area contributed by atoms with Gasteiger partial charge in [0.1, 0.15) is 23.7 Å². The molecule has 234 valence electrons. The number of nitrogens with one attached hydrogen (secondary N) is 2. The molecule has 1 saturated carbocycles. The van der Waals surface area contributed by atoms with Gasteiger partial charge in [0.25, 0.3) is 0 Å². The predicted octanol–water partition coefficient (Wildman–Crippen LogP) is 3.45. The normalized spacial score (nSPS) is 17.9. The molecule has 0 spiro atoms. The maximum absolute atomic E-state index is 15.6. The van der Waals surface area contributed by atoms with E-state index >= 15 is 4.39 Å². The van der Waals surface area contributed by atoms with E-state index in [9.17, 15) is 19.2 Å². The Labute approximate surface area is 252 Å². The molecule has 3 atom stereocenters. The lowest BCUT2D eigenvalue weighted by molar-refractivity contribution is -0.140. The molecule has 2 heterocycles. The van der Waals surface area contributed by atoms with Gasteiger partial charge >= 0.3 is 0 Å². The third-order valence-electron chi connectivity index (χ3n) is 8.54. The first kappa shape index (κ1) is 32.1. The highest BCUT2D eigenvalue weighted by Gasteiger charge is 2.37. The Morgan fingerprint density at radius 2 is 1.86 bits per heavy atom. The van der Waals surface area contributed by atoms with E-state index in [1.807, 2.05) is 6.92 Å². The molecule has 12 heteroatoms. The molecule has 4 amide bonds. The van der Waals surface area contributed by atoms with Crippen LogP contribution in [0, 0.1) is 11.7 Å². The number of halogens is 1. The summed E-state index contributed by atoms with van der Waals surface area (Å²) in [5.74, 6) is -1.78.